The van der Waals surface area contributed by atoms with E-state index in [4.69, 9.17) is 4.74 Å². The number of methoxy groups -OCH3 is 1. The van der Waals surface area contributed by atoms with E-state index in [1.54, 1.807) is 19.1 Å². The number of nitrogens with one attached hydrogen (secondary N) is 2. The van der Waals surface area contributed by atoms with Crippen molar-refractivity contribution in [1.82, 2.24) is 10.3 Å². The number of hydrogen-bond acceptors (Lipinski definition) is 4. The highest BCUT2D eigenvalue weighted by Gasteiger charge is 2.17. The van der Waals surface area contributed by atoms with Crippen LogP contribution < -0.4 is 15.4 Å². The van der Waals surface area contributed by atoms with Crippen LogP contribution in [0.3, 0.4) is 0 Å². The SMILES string of the molecule is COc1nc(C)ccc1CNC(=O)C(=O)Nc1cccc(F)c1F. The summed E-state index contributed by atoms with van der Waals surface area (Å²) in [6.45, 7) is 1.78. The van der Waals surface area contributed by atoms with E-state index in [1.807, 2.05) is 5.32 Å². The first kappa shape index (κ1) is 17.3. The van der Waals surface area contributed by atoms with Crippen LogP contribution in [0.4, 0.5) is 14.5 Å². The van der Waals surface area contributed by atoms with Crippen molar-refractivity contribution in [3.05, 3.63) is 53.2 Å². The molecule has 0 bridgehead atoms. The summed E-state index contributed by atoms with van der Waals surface area (Å²) in [7, 11) is 1.44. The molecular formula is C16H15F2N3O3. The predicted octanol–water partition coefficient (Wildman–Crippen LogP) is 1.93. The van der Waals surface area contributed by atoms with Crippen LogP contribution in [0, 0.1) is 18.6 Å². The second-order valence-corrected chi connectivity index (χ2v) is 4.86. The van der Waals surface area contributed by atoms with E-state index < -0.39 is 29.1 Å². The van der Waals surface area contributed by atoms with E-state index >= 15 is 0 Å². The van der Waals surface area contributed by atoms with Crippen LogP contribution in [-0.2, 0) is 16.1 Å². The zero-order valence-corrected chi connectivity index (χ0v) is 13.0. The maximum Gasteiger partial charge on any atom is 0.313 e. The van der Waals surface area contributed by atoms with Crippen LogP contribution in [-0.4, -0.2) is 23.9 Å². The minimum absolute atomic E-state index is 0.00562. The van der Waals surface area contributed by atoms with E-state index in [-0.39, 0.29) is 6.54 Å². The second kappa shape index (κ2) is 7.49. The average Bonchev–Trinajstić information content (AvgIpc) is 2.57. The molecule has 0 saturated heterocycles. The third kappa shape index (κ3) is 4.03. The first-order valence-corrected chi connectivity index (χ1v) is 6.96. The number of carbonyl (C=O) groups excluding carboxylic acids is 2. The van der Waals surface area contributed by atoms with Crippen molar-refractivity contribution in [2.75, 3.05) is 12.4 Å². The molecule has 0 aliphatic heterocycles. The van der Waals surface area contributed by atoms with Gasteiger partial charge in [-0.3, -0.25) is 9.59 Å². The largest absolute Gasteiger partial charge is 0.481 e. The highest BCUT2D eigenvalue weighted by molar-refractivity contribution is 6.39. The van der Waals surface area contributed by atoms with E-state index in [0.717, 1.165) is 17.8 Å². The monoisotopic (exact) mass is 335 g/mol. The quantitative estimate of drug-likeness (QED) is 0.837. The first-order chi connectivity index (χ1) is 11.4. The summed E-state index contributed by atoms with van der Waals surface area (Å²) < 4.78 is 31.6. The molecule has 2 N–H and O–H groups in total. The summed E-state index contributed by atoms with van der Waals surface area (Å²) in [5.41, 5.74) is 0.896. The third-order valence-electron chi connectivity index (χ3n) is 3.12. The molecule has 0 saturated carbocycles. The molecule has 1 aromatic carbocycles. The van der Waals surface area contributed by atoms with Gasteiger partial charge in [0.1, 0.15) is 0 Å². The highest BCUT2D eigenvalue weighted by atomic mass is 19.2. The lowest BCUT2D eigenvalue weighted by molar-refractivity contribution is -0.136. The molecule has 1 heterocycles. The maximum atomic E-state index is 13.5. The highest BCUT2D eigenvalue weighted by Crippen LogP contribution is 2.17. The minimum Gasteiger partial charge on any atom is -0.481 e. The zero-order chi connectivity index (χ0) is 17.7. The summed E-state index contributed by atoms with van der Waals surface area (Å²) in [6, 6.07) is 6.70. The van der Waals surface area contributed by atoms with Crippen molar-refractivity contribution in [3.63, 3.8) is 0 Å². The third-order valence-corrected chi connectivity index (χ3v) is 3.12. The Hall–Kier alpha value is -3.03. The fourth-order valence-corrected chi connectivity index (χ4v) is 1.91. The molecular weight excluding hydrogens is 320 g/mol. The molecule has 8 heteroatoms. The molecule has 126 valence electrons. The van der Waals surface area contributed by atoms with Crippen LogP contribution in [0.1, 0.15) is 11.3 Å². The molecule has 1 aromatic heterocycles. The number of amides is 2. The smallest absolute Gasteiger partial charge is 0.313 e. The number of aryl methyl sites for hydroxylation is 1. The van der Waals surface area contributed by atoms with E-state index in [1.165, 1.54) is 13.2 Å². The van der Waals surface area contributed by atoms with E-state index in [9.17, 15) is 18.4 Å². The van der Waals surface area contributed by atoms with Gasteiger partial charge in [-0.05, 0) is 25.1 Å². The number of ether oxygens (including phenoxy) is 1. The molecule has 2 aromatic rings. The van der Waals surface area contributed by atoms with Gasteiger partial charge in [0, 0.05) is 17.8 Å². The normalized spacial score (nSPS) is 10.2. The molecule has 0 fully saturated rings. The Morgan fingerprint density at radius 1 is 1.17 bits per heavy atom. The van der Waals surface area contributed by atoms with Gasteiger partial charge in [0.15, 0.2) is 11.6 Å². The fraction of sp³-hybridized carbons (Fsp3) is 0.188. The maximum absolute atomic E-state index is 13.5. The van der Waals surface area contributed by atoms with Gasteiger partial charge in [-0.15, -0.1) is 0 Å². The number of nitrogens with zero attached hydrogens (tertiary/aromatic N) is 1. The lowest BCUT2D eigenvalue weighted by Gasteiger charge is -2.10. The van der Waals surface area contributed by atoms with Gasteiger partial charge < -0.3 is 15.4 Å². The number of aromatic nitrogens is 1. The molecule has 2 amide bonds. The van der Waals surface area contributed by atoms with Gasteiger partial charge in [0.25, 0.3) is 0 Å². The van der Waals surface area contributed by atoms with Crippen molar-refractivity contribution >= 4 is 17.5 Å². The average molecular weight is 335 g/mol. The first-order valence-electron chi connectivity index (χ1n) is 6.96. The summed E-state index contributed by atoms with van der Waals surface area (Å²) in [6.07, 6.45) is 0. The van der Waals surface area contributed by atoms with Crippen molar-refractivity contribution in [1.29, 1.82) is 0 Å². The lowest BCUT2D eigenvalue weighted by atomic mass is 10.2. The predicted molar refractivity (Wildman–Crippen MR) is 82.4 cm³/mol. The van der Waals surface area contributed by atoms with E-state index in [2.05, 4.69) is 10.3 Å². The summed E-state index contributed by atoms with van der Waals surface area (Å²) in [5, 5.41) is 4.37. The Morgan fingerprint density at radius 2 is 1.92 bits per heavy atom. The van der Waals surface area contributed by atoms with Crippen molar-refractivity contribution in [2.24, 2.45) is 0 Å². The number of rotatable bonds is 4. The van der Waals surface area contributed by atoms with Crippen LogP contribution in [0.2, 0.25) is 0 Å². The molecule has 0 aliphatic carbocycles. The van der Waals surface area contributed by atoms with Crippen LogP contribution in [0.15, 0.2) is 30.3 Å². The van der Waals surface area contributed by atoms with Crippen LogP contribution in [0.25, 0.3) is 0 Å². The van der Waals surface area contributed by atoms with Crippen molar-refractivity contribution in [3.8, 4) is 5.88 Å². The summed E-state index contributed by atoms with van der Waals surface area (Å²) in [4.78, 5) is 27.7. The number of carbonyl (C=O) groups is 2. The number of pyridine rings is 1. The van der Waals surface area contributed by atoms with Crippen molar-refractivity contribution in [2.45, 2.75) is 13.5 Å². The Balaban J connectivity index is 2.00. The number of anilines is 1. The lowest BCUT2D eigenvalue weighted by Crippen LogP contribution is -2.35. The van der Waals surface area contributed by atoms with Gasteiger partial charge in [-0.25, -0.2) is 13.8 Å². The van der Waals surface area contributed by atoms with Crippen LogP contribution >= 0.6 is 0 Å². The van der Waals surface area contributed by atoms with Gasteiger partial charge in [0.2, 0.25) is 5.88 Å². The number of halogens is 2. The molecule has 6 nitrogen and oxygen atoms in total. The molecule has 0 radical (unpaired) electrons. The summed E-state index contributed by atoms with van der Waals surface area (Å²) >= 11 is 0. The topological polar surface area (TPSA) is 80.3 Å². The van der Waals surface area contributed by atoms with Gasteiger partial charge >= 0.3 is 11.8 Å². The standard InChI is InChI=1S/C16H15F2N3O3/c1-9-6-7-10(16(20-9)24-2)8-19-14(22)15(23)21-12-5-3-4-11(17)13(12)18/h3-7H,8H2,1-2H3,(H,19,22)(H,21,23). The Morgan fingerprint density at radius 3 is 2.62 bits per heavy atom. The van der Waals surface area contributed by atoms with Gasteiger partial charge in [-0.2, -0.15) is 0 Å². The minimum atomic E-state index is -1.23. The molecule has 0 unspecified atom stereocenters. The summed E-state index contributed by atoms with van der Waals surface area (Å²) in [5.74, 6) is -4.14. The molecule has 0 atom stereocenters. The molecule has 0 spiro atoms. The number of hydrogen-bond donors (Lipinski definition) is 2. The Bertz CT molecular complexity index is 781. The Kier molecular flexibility index (Phi) is 5.41. The molecule has 0 aliphatic rings. The Labute approximate surface area is 136 Å². The van der Waals surface area contributed by atoms with Gasteiger partial charge in [-0.1, -0.05) is 12.1 Å². The molecule has 24 heavy (non-hydrogen) atoms. The van der Waals surface area contributed by atoms with Gasteiger partial charge in [0.05, 0.1) is 12.8 Å². The fourth-order valence-electron chi connectivity index (χ4n) is 1.91. The zero-order valence-electron chi connectivity index (χ0n) is 13.0. The number of benzene rings is 1. The van der Waals surface area contributed by atoms with Crippen molar-refractivity contribution < 1.29 is 23.1 Å². The molecule has 2 rings (SSSR count). The van der Waals surface area contributed by atoms with Crippen LogP contribution in [0.5, 0.6) is 5.88 Å². The van der Waals surface area contributed by atoms with E-state index in [0.29, 0.717) is 11.4 Å². The second-order valence-electron chi connectivity index (χ2n) is 4.86.